The Labute approximate surface area is 150 Å². The van der Waals surface area contributed by atoms with E-state index in [0.717, 1.165) is 27.8 Å². The molecule has 0 fully saturated rings. The van der Waals surface area contributed by atoms with Gasteiger partial charge in [-0.3, -0.25) is 0 Å². The average molecular weight is 347 g/mol. The van der Waals surface area contributed by atoms with Crippen LogP contribution in [0.4, 0.5) is 0 Å². The molecule has 0 radical (unpaired) electrons. The molecule has 0 spiro atoms. The van der Waals surface area contributed by atoms with Crippen molar-refractivity contribution in [1.29, 1.82) is 0 Å². The fourth-order valence-corrected chi connectivity index (χ4v) is 2.78. The highest BCUT2D eigenvalue weighted by atomic mass is 16.5. The highest BCUT2D eigenvalue weighted by Gasteiger charge is 2.17. The molecule has 0 amide bonds. The van der Waals surface area contributed by atoms with Crippen LogP contribution in [0.25, 0.3) is 33.7 Å². The van der Waals surface area contributed by atoms with Gasteiger partial charge in [0.2, 0.25) is 11.7 Å². The molecule has 2 aromatic heterocycles. The zero-order chi connectivity index (χ0) is 18.1. The molecule has 0 bridgehead atoms. The number of aryl methyl sites for hydroxylation is 1. The van der Waals surface area contributed by atoms with Crippen molar-refractivity contribution >= 4 is 10.9 Å². The van der Waals surface area contributed by atoms with Crippen molar-refractivity contribution in [2.45, 2.75) is 6.92 Å². The second kappa shape index (κ2) is 6.48. The molecule has 2 heterocycles. The van der Waals surface area contributed by atoms with Crippen LogP contribution in [0.1, 0.15) is 5.56 Å². The quantitative estimate of drug-likeness (QED) is 0.549. The van der Waals surface area contributed by atoms with Crippen LogP contribution in [0, 0.1) is 6.92 Å². The number of ether oxygens (including phenoxy) is 2. The average Bonchev–Trinajstić information content (AvgIpc) is 3.17. The Kier molecular flexibility index (Phi) is 4.01. The third-order valence-electron chi connectivity index (χ3n) is 4.13. The number of methoxy groups -OCH3 is 2. The molecule has 4 aromatic rings. The van der Waals surface area contributed by atoms with E-state index in [1.807, 2.05) is 49.4 Å². The zero-order valence-corrected chi connectivity index (χ0v) is 14.7. The molecule has 26 heavy (non-hydrogen) atoms. The van der Waals surface area contributed by atoms with Gasteiger partial charge in [-0.1, -0.05) is 16.8 Å². The summed E-state index contributed by atoms with van der Waals surface area (Å²) in [4.78, 5) is 9.06. The maximum atomic E-state index is 5.43. The number of fused-ring (bicyclic) bond motifs is 1. The van der Waals surface area contributed by atoms with Gasteiger partial charge >= 0.3 is 0 Å². The first-order valence-electron chi connectivity index (χ1n) is 8.12. The Morgan fingerprint density at radius 2 is 1.69 bits per heavy atom. The summed E-state index contributed by atoms with van der Waals surface area (Å²) in [5.41, 5.74) is 3.51. The van der Waals surface area contributed by atoms with Crippen molar-refractivity contribution in [1.82, 2.24) is 15.1 Å². The third kappa shape index (κ3) is 2.86. The van der Waals surface area contributed by atoms with E-state index in [-0.39, 0.29) is 0 Å². The summed E-state index contributed by atoms with van der Waals surface area (Å²) in [5, 5.41) is 5.10. The molecule has 0 saturated heterocycles. The van der Waals surface area contributed by atoms with Crippen LogP contribution in [0.3, 0.4) is 0 Å². The van der Waals surface area contributed by atoms with Gasteiger partial charge in [0, 0.05) is 10.9 Å². The number of hydrogen-bond acceptors (Lipinski definition) is 6. The molecule has 0 aliphatic rings. The number of pyridine rings is 1. The molecule has 130 valence electrons. The summed E-state index contributed by atoms with van der Waals surface area (Å²) in [6.07, 6.45) is 0. The smallest absolute Gasteiger partial charge is 0.258 e. The molecule has 0 aliphatic heterocycles. The van der Waals surface area contributed by atoms with E-state index in [1.54, 1.807) is 14.2 Å². The van der Waals surface area contributed by atoms with E-state index in [9.17, 15) is 0 Å². The van der Waals surface area contributed by atoms with Crippen molar-refractivity contribution in [3.63, 3.8) is 0 Å². The largest absolute Gasteiger partial charge is 0.497 e. The lowest BCUT2D eigenvalue weighted by molar-refractivity contribution is 0.399. The second-order valence-corrected chi connectivity index (χ2v) is 5.89. The van der Waals surface area contributed by atoms with Crippen molar-refractivity contribution in [3.8, 4) is 34.5 Å². The fraction of sp³-hybridized carbons (Fsp3) is 0.150. The number of nitrogens with zero attached hydrogens (tertiary/aromatic N) is 3. The molecule has 6 nitrogen and oxygen atoms in total. The van der Waals surface area contributed by atoms with Crippen molar-refractivity contribution in [3.05, 3.63) is 54.1 Å². The van der Waals surface area contributed by atoms with Crippen molar-refractivity contribution in [2.24, 2.45) is 0 Å². The lowest BCUT2D eigenvalue weighted by atomic mass is 10.1. The number of hydrogen-bond donors (Lipinski definition) is 0. The molecule has 0 atom stereocenters. The van der Waals surface area contributed by atoms with Gasteiger partial charge in [0.15, 0.2) is 0 Å². The summed E-state index contributed by atoms with van der Waals surface area (Å²) >= 11 is 0. The van der Waals surface area contributed by atoms with E-state index < -0.39 is 0 Å². The number of benzene rings is 2. The predicted octanol–water partition coefficient (Wildman–Crippen LogP) is 4.28. The highest BCUT2D eigenvalue weighted by molar-refractivity contribution is 5.85. The van der Waals surface area contributed by atoms with Gasteiger partial charge in [0.25, 0.3) is 5.89 Å². The molecule has 0 N–H and O–H groups in total. The predicted molar refractivity (Wildman–Crippen MR) is 98.3 cm³/mol. The Hall–Kier alpha value is -3.41. The lowest BCUT2D eigenvalue weighted by Gasteiger charge is -2.07. The summed E-state index contributed by atoms with van der Waals surface area (Å²) in [6, 6.07) is 15.5. The Bertz CT molecular complexity index is 1070. The first kappa shape index (κ1) is 16.1. The summed E-state index contributed by atoms with van der Waals surface area (Å²) in [5.74, 6) is 2.09. The van der Waals surface area contributed by atoms with Gasteiger partial charge in [0.1, 0.15) is 5.75 Å². The second-order valence-electron chi connectivity index (χ2n) is 5.89. The summed E-state index contributed by atoms with van der Waals surface area (Å²) in [6.45, 7) is 2.04. The third-order valence-corrected chi connectivity index (χ3v) is 4.13. The number of aromatic nitrogens is 3. The van der Waals surface area contributed by atoms with Gasteiger partial charge in [0.05, 0.1) is 25.3 Å². The SMILES string of the molecule is COc1ccc(-c2nc(-c3cc4cc(C)ccc4nc3OC)no2)cc1. The van der Waals surface area contributed by atoms with E-state index in [1.165, 1.54) is 0 Å². The molecular weight excluding hydrogens is 330 g/mol. The highest BCUT2D eigenvalue weighted by Crippen LogP contribution is 2.31. The van der Waals surface area contributed by atoms with Crippen molar-refractivity contribution in [2.75, 3.05) is 14.2 Å². The molecule has 0 aliphatic carbocycles. The Morgan fingerprint density at radius 1 is 0.885 bits per heavy atom. The van der Waals surface area contributed by atoms with Crippen LogP contribution in [0.15, 0.2) is 53.1 Å². The topological polar surface area (TPSA) is 70.3 Å². The van der Waals surface area contributed by atoms with E-state index in [2.05, 4.69) is 21.2 Å². The van der Waals surface area contributed by atoms with Crippen LogP contribution in [-0.2, 0) is 0 Å². The van der Waals surface area contributed by atoms with Crippen LogP contribution in [-0.4, -0.2) is 29.3 Å². The molecule has 2 aromatic carbocycles. The molecule has 0 unspecified atom stereocenters. The Morgan fingerprint density at radius 3 is 2.42 bits per heavy atom. The van der Waals surface area contributed by atoms with E-state index >= 15 is 0 Å². The van der Waals surface area contributed by atoms with E-state index in [0.29, 0.717) is 23.2 Å². The minimum Gasteiger partial charge on any atom is -0.497 e. The van der Waals surface area contributed by atoms with E-state index in [4.69, 9.17) is 14.0 Å². The monoisotopic (exact) mass is 347 g/mol. The summed E-state index contributed by atoms with van der Waals surface area (Å²) < 4.78 is 16.0. The molecule has 6 heteroatoms. The first-order chi connectivity index (χ1) is 12.7. The molecule has 0 saturated carbocycles. The van der Waals surface area contributed by atoms with Gasteiger partial charge in [-0.15, -0.1) is 0 Å². The van der Waals surface area contributed by atoms with Crippen molar-refractivity contribution < 1.29 is 14.0 Å². The fourth-order valence-electron chi connectivity index (χ4n) is 2.78. The van der Waals surface area contributed by atoms with Gasteiger partial charge in [-0.05, 0) is 49.4 Å². The molecular formula is C20H17N3O3. The van der Waals surface area contributed by atoms with Gasteiger partial charge < -0.3 is 14.0 Å². The van der Waals surface area contributed by atoms with Crippen LogP contribution in [0.5, 0.6) is 11.6 Å². The van der Waals surface area contributed by atoms with Gasteiger partial charge in [-0.2, -0.15) is 4.98 Å². The standard InChI is InChI=1S/C20H17N3O3/c1-12-4-9-17-14(10-12)11-16(20(21-17)25-3)18-22-19(26-23-18)13-5-7-15(24-2)8-6-13/h4-11H,1-3H3. The Balaban J connectivity index is 1.78. The molecule has 4 rings (SSSR count). The number of rotatable bonds is 4. The lowest BCUT2D eigenvalue weighted by Crippen LogP contribution is -1.94. The normalized spacial score (nSPS) is 10.9. The first-order valence-corrected chi connectivity index (χ1v) is 8.12. The minimum atomic E-state index is 0.425. The minimum absolute atomic E-state index is 0.425. The van der Waals surface area contributed by atoms with Crippen LogP contribution < -0.4 is 9.47 Å². The maximum absolute atomic E-state index is 5.43. The maximum Gasteiger partial charge on any atom is 0.258 e. The van der Waals surface area contributed by atoms with Gasteiger partial charge in [-0.25, -0.2) is 4.98 Å². The van der Waals surface area contributed by atoms with Crippen LogP contribution in [0.2, 0.25) is 0 Å². The van der Waals surface area contributed by atoms with Crippen LogP contribution >= 0.6 is 0 Å². The zero-order valence-electron chi connectivity index (χ0n) is 14.7. The summed E-state index contributed by atoms with van der Waals surface area (Å²) in [7, 11) is 3.21.